The summed E-state index contributed by atoms with van der Waals surface area (Å²) in [5.41, 5.74) is 0.598. The molecule has 2 aromatic carbocycles. The monoisotopic (exact) mass is 687 g/mol. The Bertz CT molecular complexity index is 1490. The Balaban J connectivity index is 1.77. The molecule has 12 nitrogen and oxygen atoms in total. The Morgan fingerprint density at radius 1 is 1.07 bits per heavy atom. The highest BCUT2D eigenvalue weighted by molar-refractivity contribution is 9.10. The number of β-lactam (4-membered cyclic amide) rings is 1. The van der Waals surface area contributed by atoms with Crippen LogP contribution in [-0.2, 0) is 39.8 Å². The molecule has 3 atom stereocenters. The fourth-order valence-electron chi connectivity index (χ4n) is 4.15. The molecule has 1 heterocycles. The largest absolute Gasteiger partial charge is 0.615 e. The maximum absolute atomic E-state index is 13.4. The van der Waals surface area contributed by atoms with Crippen molar-refractivity contribution in [1.82, 2.24) is 10.2 Å². The van der Waals surface area contributed by atoms with Gasteiger partial charge in [0, 0.05) is 10.0 Å². The molecule has 0 saturated carbocycles. The quantitative estimate of drug-likeness (QED) is 0.102. The second-order valence-corrected chi connectivity index (χ2v) is 12.1. The summed E-state index contributed by atoms with van der Waals surface area (Å²) in [4.78, 5) is 64.7. The van der Waals surface area contributed by atoms with Gasteiger partial charge in [0.05, 0.1) is 18.6 Å². The van der Waals surface area contributed by atoms with Gasteiger partial charge in [0.25, 0.3) is 11.8 Å². The lowest BCUT2D eigenvalue weighted by molar-refractivity contribution is -0.152. The zero-order chi connectivity index (χ0) is 32.4. The first-order chi connectivity index (χ1) is 21.0. The van der Waals surface area contributed by atoms with Gasteiger partial charge in [-0.05, 0) is 61.8 Å². The minimum Gasteiger partial charge on any atom is -0.615 e. The van der Waals surface area contributed by atoms with Crippen LogP contribution in [0.1, 0.15) is 43.1 Å². The van der Waals surface area contributed by atoms with Crippen LogP contribution in [0.3, 0.4) is 0 Å². The van der Waals surface area contributed by atoms with Gasteiger partial charge in [-0.1, -0.05) is 40.2 Å². The molecule has 1 fully saturated rings. The van der Waals surface area contributed by atoms with E-state index in [1.165, 1.54) is 26.0 Å². The lowest BCUT2D eigenvalue weighted by Crippen LogP contribution is -2.73. The van der Waals surface area contributed by atoms with Crippen LogP contribution in [0, 0.1) is 11.3 Å². The normalized spacial score (nSPS) is 16.1. The maximum Gasteiger partial charge on any atom is 0.355 e. The number of allylic oxidation sites excluding steroid dienone is 1. The molecule has 0 aromatic heterocycles. The molecule has 1 N–H and O–H groups in total. The summed E-state index contributed by atoms with van der Waals surface area (Å²) in [6.07, 6.45) is -0.232. The Kier molecular flexibility index (Phi) is 12.5. The van der Waals surface area contributed by atoms with Gasteiger partial charge in [0.2, 0.25) is 5.37 Å². The number of rotatable bonds is 14. The van der Waals surface area contributed by atoms with Crippen LogP contribution in [0.15, 0.2) is 64.3 Å². The maximum atomic E-state index is 13.4. The molecule has 1 aliphatic heterocycles. The number of benzene rings is 2. The zero-order valence-corrected chi connectivity index (χ0v) is 26.6. The number of ether oxygens (including phenoxy) is 3. The van der Waals surface area contributed by atoms with Gasteiger partial charge in [-0.3, -0.25) is 24.1 Å². The predicted molar refractivity (Wildman–Crippen MR) is 161 cm³/mol. The van der Waals surface area contributed by atoms with Crippen LogP contribution in [0.5, 0.6) is 5.75 Å². The molecule has 232 valence electrons. The molecule has 14 heteroatoms. The van der Waals surface area contributed by atoms with E-state index in [4.69, 9.17) is 14.2 Å². The van der Waals surface area contributed by atoms with E-state index in [9.17, 15) is 33.8 Å². The van der Waals surface area contributed by atoms with E-state index >= 15 is 0 Å². The summed E-state index contributed by atoms with van der Waals surface area (Å²) in [5.74, 6) is -3.64. The molecule has 44 heavy (non-hydrogen) atoms. The molecule has 2 aromatic rings. The third-order valence-corrected chi connectivity index (χ3v) is 8.37. The Morgan fingerprint density at radius 2 is 1.75 bits per heavy atom. The number of esters is 2. The number of para-hydroxylation sites is 1. The van der Waals surface area contributed by atoms with Crippen LogP contribution in [0.4, 0.5) is 0 Å². The zero-order valence-electron chi connectivity index (χ0n) is 24.2. The number of ketones is 1. The van der Waals surface area contributed by atoms with Crippen molar-refractivity contribution in [3.63, 3.8) is 0 Å². The van der Waals surface area contributed by atoms with E-state index in [1.807, 2.05) is 6.07 Å². The molecule has 3 rings (SSSR count). The van der Waals surface area contributed by atoms with E-state index in [2.05, 4.69) is 21.2 Å². The van der Waals surface area contributed by atoms with Crippen molar-refractivity contribution in [1.29, 1.82) is 5.26 Å². The highest BCUT2D eigenvalue weighted by Gasteiger charge is 2.58. The minimum absolute atomic E-state index is 0.125. The van der Waals surface area contributed by atoms with Gasteiger partial charge >= 0.3 is 11.9 Å². The number of halogens is 1. The standard InChI is InChI=1S/C30H30BrN3O9S/c1-4-41-25(37)13-14-44(40)29-26(33-24(36)17-42-23-8-6-5-7-20(23)15-32)28(38)34(29)27(18(2)3)30(39)43-16-22(35)19-9-11-21(31)12-10-19/h5-12,26,29H,4,13-14,16-17H2,1-3H3,(H,33,36). The second-order valence-electron chi connectivity index (χ2n) is 9.54. The number of hydrogen-bond acceptors (Lipinski definition) is 10. The molecule has 0 bridgehead atoms. The van der Waals surface area contributed by atoms with Gasteiger partial charge in [-0.25, -0.2) is 4.79 Å². The highest BCUT2D eigenvalue weighted by atomic mass is 79.9. The van der Waals surface area contributed by atoms with Gasteiger partial charge in [-0.2, -0.15) is 5.26 Å². The third kappa shape index (κ3) is 8.68. The molecule has 3 unspecified atom stereocenters. The van der Waals surface area contributed by atoms with Crippen molar-refractivity contribution in [2.45, 2.75) is 38.6 Å². The number of likely N-dealkylation sites (tertiary alicyclic amines) is 1. The summed E-state index contributed by atoms with van der Waals surface area (Å²) in [6.45, 7) is 3.65. The summed E-state index contributed by atoms with van der Waals surface area (Å²) < 4.78 is 29.8. The van der Waals surface area contributed by atoms with E-state index in [1.54, 1.807) is 43.3 Å². The summed E-state index contributed by atoms with van der Waals surface area (Å²) in [7, 11) is 0. The lowest BCUT2D eigenvalue weighted by atomic mass is 10.0. The van der Waals surface area contributed by atoms with Crippen LogP contribution in [-0.4, -0.2) is 76.0 Å². The number of nitrogens with one attached hydrogen (secondary N) is 1. The Morgan fingerprint density at radius 3 is 2.39 bits per heavy atom. The number of carbonyl (C=O) groups is 5. The first-order valence-electron chi connectivity index (χ1n) is 13.4. The molecule has 0 radical (unpaired) electrons. The molecule has 1 aliphatic rings. The first-order valence-corrected chi connectivity index (χ1v) is 15.6. The minimum atomic E-state index is -1.95. The van der Waals surface area contributed by atoms with Crippen molar-refractivity contribution in [2.75, 3.05) is 25.6 Å². The number of carbonyl (C=O) groups excluding carboxylic acids is 5. The van der Waals surface area contributed by atoms with E-state index in [0.29, 0.717) is 11.1 Å². The highest BCUT2D eigenvalue weighted by Crippen LogP contribution is 2.33. The molecular formula is C30H30BrN3O9S. The molecule has 1 saturated heterocycles. The van der Waals surface area contributed by atoms with Crippen LogP contribution < -0.4 is 10.1 Å². The average Bonchev–Trinajstić information content (AvgIpc) is 3.00. The van der Waals surface area contributed by atoms with E-state index in [0.717, 1.165) is 9.37 Å². The van der Waals surface area contributed by atoms with Crippen molar-refractivity contribution in [2.24, 2.45) is 0 Å². The number of Topliss-reactive ketones (excluding diaryl/α,β-unsaturated/α-hetero) is 1. The summed E-state index contributed by atoms with van der Waals surface area (Å²) in [5, 5.41) is 10.5. The van der Waals surface area contributed by atoms with Crippen LogP contribution >= 0.6 is 15.9 Å². The van der Waals surface area contributed by atoms with Gasteiger partial charge < -0.3 is 24.1 Å². The van der Waals surface area contributed by atoms with Gasteiger partial charge in [0.15, 0.2) is 25.0 Å². The molecular weight excluding hydrogens is 658 g/mol. The lowest BCUT2D eigenvalue weighted by Gasteiger charge is -2.46. The van der Waals surface area contributed by atoms with Gasteiger partial charge in [0.1, 0.15) is 23.3 Å². The SMILES string of the molecule is CCOC(=O)CC[S+]([O-])C1C(NC(=O)COc2ccccc2C#N)C(=O)N1C(C(=O)OCC(=O)c1ccc(Br)cc1)=C(C)C. The van der Waals surface area contributed by atoms with E-state index < -0.39 is 65.3 Å². The van der Waals surface area contributed by atoms with Gasteiger partial charge in [-0.15, -0.1) is 0 Å². The number of hydrogen-bond donors (Lipinski definition) is 1. The van der Waals surface area contributed by atoms with Crippen LogP contribution in [0.25, 0.3) is 0 Å². The van der Waals surface area contributed by atoms with Crippen molar-refractivity contribution < 1.29 is 42.7 Å². The predicted octanol–water partition coefficient (Wildman–Crippen LogP) is 2.77. The summed E-state index contributed by atoms with van der Waals surface area (Å²) >= 11 is 1.33. The topological polar surface area (TPSA) is 175 Å². The van der Waals surface area contributed by atoms with Crippen molar-refractivity contribution >= 4 is 56.6 Å². The Labute approximate surface area is 265 Å². The third-order valence-electron chi connectivity index (χ3n) is 6.22. The fraction of sp³-hybridized carbons (Fsp3) is 0.333. The molecule has 2 amide bonds. The Hall–Kier alpha value is -4.19. The summed E-state index contributed by atoms with van der Waals surface area (Å²) in [6, 6.07) is 13.3. The van der Waals surface area contributed by atoms with E-state index in [-0.39, 0.29) is 35.8 Å². The smallest absolute Gasteiger partial charge is 0.355 e. The van der Waals surface area contributed by atoms with Crippen LogP contribution in [0.2, 0.25) is 0 Å². The molecule has 0 spiro atoms. The van der Waals surface area contributed by atoms with Crippen molar-refractivity contribution in [3.8, 4) is 11.8 Å². The number of nitrogens with zero attached hydrogens (tertiary/aromatic N) is 2. The first kappa shape index (κ1) is 34.3. The second kappa shape index (κ2) is 16.0. The van der Waals surface area contributed by atoms with Crippen molar-refractivity contribution in [3.05, 3.63) is 75.4 Å². The number of nitriles is 1. The fourth-order valence-corrected chi connectivity index (χ4v) is 5.95. The molecule has 0 aliphatic carbocycles. The number of amides is 2. The average molecular weight is 689 g/mol.